The highest BCUT2D eigenvalue weighted by molar-refractivity contribution is 5.78. The van der Waals surface area contributed by atoms with Crippen LogP contribution in [0.3, 0.4) is 0 Å². The maximum absolute atomic E-state index is 11.2. The molecule has 3 heterocycles. The summed E-state index contributed by atoms with van der Waals surface area (Å²) in [6.07, 6.45) is 4.69. The van der Waals surface area contributed by atoms with E-state index in [1.807, 2.05) is 18.3 Å². The largest absolute Gasteiger partial charge is 0.357 e. The van der Waals surface area contributed by atoms with Crippen LogP contribution in [0, 0.1) is 0 Å². The van der Waals surface area contributed by atoms with E-state index >= 15 is 0 Å². The molecule has 2 saturated heterocycles. The number of hydrogen-bond acceptors (Lipinski definition) is 4. The van der Waals surface area contributed by atoms with Gasteiger partial charge in [-0.25, -0.2) is 4.98 Å². The normalized spacial score (nSPS) is 24.5. The van der Waals surface area contributed by atoms with Crippen LogP contribution in [0.25, 0.3) is 0 Å². The Balaban J connectivity index is 1.48. The topological polar surface area (TPSA) is 57.3 Å². The van der Waals surface area contributed by atoms with E-state index < -0.39 is 0 Å². The van der Waals surface area contributed by atoms with E-state index in [4.69, 9.17) is 0 Å². The summed E-state index contributed by atoms with van der Waals surface area (Å²) >= 11 is 0. The molecule has 1 amide bonds. The SMILES string of the molecule is O=C1CC(NC2CCN(c3ccccn3)CC2)CN1. The van der Waals surface area contributed by atoms with Gasteiger partial charge in [-0.1, -0.05) is 6.07 Å². The minimum atomic E-state index is 0.170. The fraction of sp³-hybridized carbons (Fsp3) is 0.571. The molecular weight excluding hydrogens is 240 g/mol. The second-order valence-corrected chi connectivity index (χ2v) is 5.32. The van der Waals surface area contributed by atoms with Crippen molar-refractivity contribution in [1.82, 2.24) is 15.6 Å². The van der Waals surface area contributed by atoms with Crippen molar-refractivity contribution in [2.75, 3.05) is 24.5 Å². The standard InChI is InChI=1S/C14H20N4O/c19-14-9-12(10-16-14)17-11-4-7-18(8-5-11)13-3-1-2-6-15-13/h1-3,6,11-12,17H,4-5,7-10H2,(H,16,19). The van der Waals surface area contributed by atoms with Crippen LogP contribution in [0.4, 0.5) is 5.82 Å². The number of aromatic nitrogens is 1. The molecule has 5 heteroatoms. The minimum absolute atomic E-state index is 0.170. The smallest absolute Gasteiger partial charge is 0.221 e. The Morgan fingerprint density at radius 2 is 2.11 bits per heavy atom. The third-order valence-electron chi connectivity index (χ3n) is 3.92. The predicted octanol–water partition coefficient (Wildman–Crippen LogP) is 0.528. The molecule has 3 rings (SSSR count). The number of pyridine rings is 1. The average molecular weight is 260 g/mol. The van der Waals surface area contributed by atoms with Crippen molar-refractivity contribution < 1.29 is 4.79 Å². The molecule has 1 aromatic rings. The Morgan fingerprint density at radius 3 is 2.74 bits per heavy atom. The van der Waals surface area contributed by atoms with Crippen LogP contribution >= 0.6 is 0 Å². The second-order valence-electron chi connectivity index (χ2n) is 5.32. The molecule has 0 aromatic carbocycles. The highest BCUT2D eigenvalue weighted by Gasteiger charge is 2.26. The number of rotatable bonds is 3. The zero-order valence-corrected chi connectivity index (χ0v) is 11.0. The fourth-order valence-corrected chi connectivity index (χ4v) is 2.87. The van der Waals surface area contributed by atoms with Gasteiger partial charge in [-0.3, -0.25) is 4.79 Å². The average Bonchev–Trinajstić information content (AvgIpc) is 2.86. The summed E-state index contributed by atoms with van der Waals surface area (Å²) in [4.78, 5) is 17.9. The molecule has 1 aromatic heterocycles. The van der Waals surface area contributed by atoms with Gasteiger partial charge in [-0.15, -0.1) is 0 Å². The Kier molecular flexibility index (Phi) is 3.64. The van der Waals surface area contributed by atoms with Gasteiger partial charge in [0.15, 0.2) is 0 Å². The molecule has 0 saturated carbocycles. The number of carbonyl (C=O) groups excluding carboxylic acids is 1. The lowest BCUT2D eigenvalue weighted by molar-refractivity contribution is -0.119. The molecule has 5 nitrogen and oxygen atoms in total. The Labute approximate surface area is 113 Å². The molecule has 2 N–H and O–H groups in total. The summed E-state index contributed by atoms with van der Waals surface area (Å²) in [7, 11) is 0. The number of anilines is 1. The van der Waals surface area contributed by atoms with Crippen LogP contribution in [0.2, 0.25) is 0 Å². The molecule has 2 aliphatic rings. The van der Waals surface area contributed by atoms with E-state index in [-0.39, 0.29) is 5.91 Å². The van der Waals surface area contributed by atoms with Crippen molar-refractivity contribution in [2.24, 2.45) is 0 Å². The third kappa shape index (κ3) is 3.04. The van der Waals surface area contributed by atoms with Gasteiger partial charge in [0.05, 0.1) is 0 Å². The van der Waals surface area contributed by atoms with E-state index in [9.17, 15) is 4.79 Å². The third-order valence-corrected chi connectivity index (χ3v) is 3.92. The van der Waals surface area contributed by atoms with Crippen molar-refractivity contribution in [1.29, 1.82) is 0 Å². The minimum Gasteiger partial charge on any atom is -0.357 e. The lowest BCUT2D eigenvalue weighted by Gasteiger charge is -2.34. The molecule has 2 fully saturated rings. The molecule has 0 bridgehead atoms. The molecule has 0 aliphatic carbocycles. The lowest BCUT2D eigenvalue weighted by Crippen LogP contribution is -2.47. The van der Waals surface area contributed by atoms with Crippen LogP contribution in [-0.2, 0) is 4.79 Å². The summed E-state index contributed by atoms with van der Waals surface area (Å²) < 4.78 is 0. The molecule has 2 aliphatic heterocycles. The molecule has 1 atom stereocenters. The first-order valence-electron chi connectivity index (χ1n) is 7.00. The highest BCUT2D eigenvalue weighted by atomic mass is 16.1. The van der Waals surface area contributed by atoms with E-state index in [1.54, 1.807) is 0 Å². The van der Waals surface area contributed by atoms with E-state index in [1.165, 1.54) is 0 Å². The summed E-state index contributed by atoms with van der Waals surface area (Å²) in [6, 6.07) is 6.88. The fourth-order valence-electron chi connectivity index (χ4n) is 2.87. The Bertz CT molecular complexity index is 428. The first-order chi connectivity index (χ1) is 9.31. The van der Waals surface area contributed by atoms with Crippen LogP contribution in [0.15, 0.2) is 24.4 Å². The van der Waals surface area contributed by atoms with Crippen molar-refractivity contribution >= 4 is 11.7 Å². The Hall–Kier alpha value is -1.62. The number of carbonyl (C=O) groups is 1. The van der Waals surface area contributed by atoms with Crippen LogP contribution in [-0.4, -0.2) is 42.6 Å². The summed E-state index contributed by atoms with van der Waals surface area (Å²) in [5.41, 5.74) is 0. The maximum atomic E-state index is 11.2. The van der Waals surface area contributed by atoms with Gasteiger partial charge in [0.1, 0.15) is 5.82 Å². The molecule has 0 radical (unpaired) electrons. The molecule has 1 unspecified atom stereocenters. The quantitative estimate of drug-likeness (QED) is 0.832. The van der Waals surface area contributed by atoms with Crippen LogP contribution < -0.4 is 15.5 Å². The van der Waals surface area contributed by atoms with Crippen molar-refractivity contribution in [2.45, 2.75) is 31.3 Å². The van der Waals surface area contributed by atoms with Gasteiger partial charge >= 0.3 is 0 Å². The number of hydrogen-bond donors (Lipinski definition) is 2. The first-order valence-corrected chi connectivity index (χ1v) is 7.00. The van der Waals surface area contributed by atoms with Gasteiger partial charge in [0.25, 0.3) is 0 Å². The van der Waals surface area contributed by atoms with E-state index in [0.717, 1.165) is 38.3 Å². The van der Waals surface area contributed by atoms with Gasteiger partial charge in [-0.2, -0.15) is 0 Å². The van der Waals surface area contributed by atoms with Crippen molar-refractivity contribution in [3.05, 3.63) is 24.4 Å². The zero-order valence-electron chi connectivity index (χ0n) is 11.0. The highest BCUT2D eigenvalue weighted by Crippen LogP contribution is 2.18. The summed E-state index contributed by atoms with van der Waals surface area (Å²) in [6.45, 7) is 2.84. The van der Waals surface area contributed by atoms with E-state index in [0.29, 0.717) is 18.5 Å². The Morgan fingerprint density at radius 1 is 1.26 bits per heavy atom. The first kappa shape index (κ1) is 12.4. The summed E-state index contributed by atoms with van der Waals surface area (Å²) in [5.74, 6) is 1.24. The number of nitrogens with zero attached hydrogens (tertiary/aromatic N) is 2. The maximum Gasteiger partial charge on any atom is 0.221 e. The van der Waals surface area contributed by atoms with Gasteiger partial charge < -0.3 is 15.5 Å². The van der Waals surface area contributed by atoms with Gasteiger partial charge in [0, 0.05) is 44.3 Å². The van der Waals surface area contributed by atoms with Crippen molar-refractivity contribution in [3.8, 4) is 0 Å². The van der Waals surface area contributed by atoms with Gasteiger partial charge in [-0.05, 0) is 25.0 Å². The monoisotopic (exact) mass is 260 g/mol. The van der Waals surface area contributed by atoms with Crippen LogP contribution in [0.5, 0.6) is 0 Å². The lowest BCUT2D eigenvalue weighted by atomic mass is 10.0. The second kappa shape index (κ2) is 5.57. The van der Waals surface area contributed by atoms with Crippen LogP contribution in [0.1, 0.15) is 19.3 Å². The number of piperidine rings is 1. The molecule has 0 spiro atoms. The molecular formula is C14H20N4O. The molecule has 102 valence electrons. The number of amides is 1. The van der Waals surface area contributed by atoms with Crippen molar-refractivity contribution in [3.63, 3.8) is 0 Å². The predicted molar refractivity (Wildman–Crippen MR) is 74.0 cm³/mol. The van der Waals surface area contributed by atoms with Gasteiger partial charge in [0.2, 0.25) is 5.91 Å². The van der Waals surface area contributed by atoms with E-state index in [2.05, 4.69) is 26.6 Å². The number of nitrogens with one attached hydrogen (secondary N) is 2. The molecule has 19 heavy (non-hydrogen) atoms. The summed E-state index contributed by atoms with van der Waals surface area (Å²) in [5, 5.41) is 6.46. The zero-order chi connectivity index (χ0) is 13.1.